The Balaban J connectivity index is 2.54. The van der Waals surface area contributed by atoms with Crippen molar-refractivity contribution < 1.29 is 9.90 Å². The van der Waals surface area contributed by atoms with Gasteiger partial charge in [-0.2, -0.15) is 5.26 Å². The van der Waals surface area contributed by atoms with E-state index < -0.39 is 11.9 Å². The average molecular weight is 238 g/mol. The Bertz CT molecular complexity index is 603. The molecule has 1 unspecified atom stereocenters. The van der Waals surface area contributed by atoms with Gasteiger partial charge in [0.1, 0.15) is 0 Å². The van der Waals surface area contributed by atoms with Crippen molar-refractivity contribution >= 4 is 5.97 Å². The van der Waals surface area contributed by atoms with Crippen LogP contribution in [0.4, 0.5) is 0 Å². The summed E-state index contributed by atoms with van der Waals surface area (Å²) in [6.07, 6.45) is 2.76. The SMILES string of the molecule is N#CC(c1ccccc1)c1ccncc1C(=O)O. The van der Waals surface area contributed by atoms with E-state index in [-0.39, 0.29) is 5.56 Å². The van der Waals surface area contributed by atoms with Gasteiger partial charge in [-0.25, -0.2) is 4.79 Å². The number of hydrogen-bond donors (Lipinski definition) is 1. The van der Waals surface area contributed by atoms with Gasteiger partial charge in [-0.15, -0.1) is 0 Å². The lowest BCUT2D eigenvalue weighted by atomic mass is 9.90. The summed E-state index contributed by atoms with van der Waals surface area (Å²) in [4.78, 5) is 14.9. The average Bonchev–Trinajstić information content (AvgIpc) is 2.41. The van der Waals surface area contributed by atoms with Gasteiger partial charge in [0.2, 0.25) is 0 Å². The molecule has 1 atom stereocenters. The molecule has 1 aromatic carbocycles. The van der Waals surface area contributed by atoms with Crippen LogP contribution in [0.2, 0.25) is 0 Å². The molecule has 2 rings (SSSR count). The van der Waals surface area contributed by atoms with Crippen molar-refractivity contribution in [2.24, 2.45) is 0 Å². The summed E-state index contributed by atoms with van der Waals surface area (Å²) >= 11 is 0. The van der Waals surface area contributed by atoms with Crippen molar-refractivity contribution in [2.45, 2.75) is 5.92 Å². The Kier molecular flexibility index (Phi) is 3.35. The van der Waals surface area contributed by atoms with Crippen LogP contribution in [0.25, 0.3) is 0 Å². The number of hydrogen-bond acceptors (Lipinski definition) is 3. The number of carbonyl (C=O) groups is 1. The highest BCUT2D eigenvalue weighted by atomic mass is 16.4. The number of rotatable bonds is 3. The highest BCUT2D eigenvalue weighted by Crippen LogP contribution is 2.26. The van der Waals surface area contributed by atoms with Crippen molar-refractivity contribution in [1.82, 2.24) is 4.98 Å². The fourth-order valence-electron chi connectivity index (χ4n) is 1.80. The van der Waals surface area contributed by atoms with E-state index in [1.807, 2.05) is 18.2 Å². The summed E-state index contributed by atoms with van der Waals surface area (Å²) in [5, 5.41) is 18.4. The Labute approximate surface area is 104 Å². The first-order valence-corrected chi connectivity index (χ1v) is 5.36. The molecule has 4 heteroatoms. The third-order valence-corrected chi connectivity index (χ3v) is 2.66. The van der Waals surface area contributed by atoms with Crippen molar-refractivity contribution in [2.75, 3.05) is 0 Å². The fourth-order valence-corrected chi connectivity index (χ4v) is 1.80. The number of carboxylic acid groups (broad SMARTS) is 1. The highest BCUT2D eigenvalue weighted by molar-refractivity contribution is 5.89. The molecule has 1 N–H and O–H groups in total. The number of nitrogens with zero attached hydrogens (tertiary/aromatic N) is 2. The maximum atomic E-state index is 11.1. The zero-order valence-corrected chi connectivity index (χ0v) is 9.45. The van der Waals surface area contributed by atoms with E-state index in [2.05, 4.69) is 11.1 Å². The van der Waals surface area contributed by atoms with Crippen LogP contribution in [0.3, 0.4) is 0 Å². The van der Waals surface area contributed by atoms with E-state index in [1.54, 1.807) is 18.2 Å². The van der Waals surface area contributed by atoms with Gasteiger partial charge >= 0.3 is 5.97 Å². The van der Waals surface area contributed by atoms with Crippen molar-refractivity contribution in [3.63, 3.8) is 0 Å². The van der Waals surface area contributed by atoms with Crippen molar-refractivity contribution in [3.8, 4) is 6.07 Å². The minimum Gasteiger partial charge on any atom is -0.478 e. The molecule has 1 aromatic heterocycles. The quantitative estimate of drug-likeness (QED) is 0.891. The summed E-state index contributed by atoms with van der Waals surface area (Å²) in [5.74, 6) is -1.67. The third-order valence-electron chi connectivity index (χ3n) is 2.66. The summed E-state index contributed by atoms with van der Waals surface area (Å²) < 4.78 is 0. The largest absolute Gasteiger partial charge is 0.478 e. The Morgan fingerprint density at radius 2 is 2.00 bits per heavy atom. The molecule has 0 bridgehead atoms. The molecule has 0 spiro atoms. The molecule has 0 aliphatic carbocycles. The van der Waals surface area contributed by atoms with Crippen LogP contribution < -0.4 is 0 Å². The van der Waals surface area contributed by atoms with Gasteiger partial charge in [0.25, 0.3) is 0 Å². The van der Waals surface area contributed by atoms with Crippen LogP contribution >= 0.6 is 0 Å². The van der Waals surface area contributed by atoms with Gasteiger partial charge in [-0.1, -0.05) is 30.3 Å². The second-order valence-corrected chi connectivity index (χ2v) is 3.74. The van der Waals surface area contributed by atoms with E-state index in [0.29, 0.717) is 5.56 Å². The first-order valence-electron chi connectivity index (χ1n) is 5.36. The number of nitriles is 1. The molecule has 4 nitrogen and oxygen atoms in total. The maximum Gasteiger partial charge on any atom is 0.337 e. The molecule has 1 heterocycles. The van der Waals surface area contributed by atoms with E-state index in [0.717, 1.165) is 5.56 Å². The molecule has 0 aliphatic heterocycles. The Morgan fingerprint density at radius 3 is 2.61 bits per heavy atom. The summed E-state index contributed by atoms with van der Waals surface area (Å²) in [7, 11) is 0. The van der Waals surface area contributed by atoms with Gasteiger partial charge in [-0.3, -0.25) is 4.98 Å². The lowest BCUT2D eigenvalue weighted by Gasteiger charge is -2.11. The van der Waals surface area contributed by atoms with Crippen LogP contribution in [0, 0.1) is 11.3 Å². The molecule has 0 fully saturated rings. The Hall–Kier alpha value is -2.67. The zero-order valence-electron chi connectivity index (χ0n) is 9.45. The third kappa shape index (κ3) is 2.20. The van der Waals surface area contributed by atoms with E-state index in [9.17, 15) is 10.1 Å². The molecule has 0 amide bonds. The van der Waals surface area contributed by atoms with Gasteiger partial charge in [0.15, 0.2) is 0 Å². The molecule has 0 radical (unpaired) electrons. The van der Waals surface area contributed by atoms with E-state index >= 15 is 0 Å². The number of benzene rings is 1. The number of pyridine rings is 1. The second kappa shape index (κ2) is 5.11. The molecule has 88 valence electrons. The molecular weight excluding hydrogens is 228 g/mol. The molecule has 0 saturated heterocycles. The van der Waals surface area contributed by atoms with Crippen LogP contribution in [-0.2, 0) is 0 Å². The van der Waals surface area contributed by atoms with Crippen molar-refractivity contribution in [1.29, 1.82) is 5.26 Å². The minimum absolute atomic E-state index is 0.0629. The number of aromatic nitrogens is 1. The first kappa shape index (κ1) is 11.8. The highest BCUT2D eigenvalue weighted by Gasteiger charge is 2.20. The van der Waals surface area contributed by atoms with Gasteiger partial charge in [0, 0.05) is 12.4 Å². The smallest absolute Gasteiger partial charge is 0.337 e. The molecule has 18 heavy (non-hydrogen) atoms. The second-order valence-electron chi connectivity index (χ2n) is 3.74. The standard InChI is InChI=1S/C14H10N2O2/c15-8-12(10-4-2-1-3-5-10)11-6-7-16-9-13(11)14(17)18/h1-7,9,12H,(H,17,18). The lowest BCUT2D eigenvalue weighted by Crippen LogP contribution is -2.08. The molecular formula is C14H10N2O2. The molecule has 2 aromatic rings. The predicted octanol–water partition coefficient (Wildman–Crippen LogP) is 2.44. The Morgan fingerprint density at radius 1 is 1.28 bits per heavy atom. The fraction of sp³-hybridized carbons (Fsp3) is 0.0714. The first-order chi connectivity index (χ1) is 8.74. The van der Waals surface area contributed by atoms with Crippen molar-refractivity contribution in [3.05, 3.63) is 65.5 Å². The van der Waals surface area contributed by atoms with Crippen LogP contribution in [0.5, 0.6) is 0 Å². The van der Waals surface area contributed by atoms with Gasteiger partial charge in [0.05, 0.1) is 17.6 Å². The lowest BCUT2D eigenvalue weighted by molar-refractivity contribution is 0.0695. The predicted molar refractivity (Wildman–Crippen MR) is 65.1 cm³/mol. The molecule has 0 aliphatic rings. The van der Waals surface area contributed by atoms with Gasteiger partial charge < -0.3 is 5.11 Å². The number of aromatic carboxylic acids is 1. The topological polar surface area (TPSA) is 74.0 Å². The van der Waals surface area contributed by atoms with Crippen LogP contribution in [-0.4, -0.2) is 16.1 Å². The van der Waals surface area contributed by atoms with Crippen LogP contribution in [0.15, 0.2) is 48.8 Å². The zero-order chi connectivity index (χ0) is 13.0. The normalized spacial score (nSPS) is 11.5. The maximum absolute atomic E-state index is 11.1. The van der Waals surface area contributed by atoms with E-state index in [1.165, 1.54) is 12.4 Å². The summed E-state index contributed by atoms with van der Waals surface area (Å²) in [6.45, 7) is 0. The van der Waals surface area contributed by atoms with Crippen LogP contribution in [0.1, 0.15) is 27.4 Å². The number of carboxylic acids is 1. The summed E-state index contributed by atoms with van der Waals surface area (Å²) in [6, 6.07) is 12.8. The summed E-state index contributed by atoms with van der Waals surface area (Å²) in [5.41, 5.74) is 1.30. The molecule has 0 saturated carbocycles. The monoisotopic (exact) mass is 238 g/mol. The minimum atomic E-state index is -1.07. The van der Waals surface area contributed by atoms with E-state index in [4.69, 9.17) is 5.11 Å². The van der Waals surface area contributed by atoms with Gasteiger partial charge in [-0.05, 0) is 17.2 Å².